The van der Waals surface area contributed by atoms with E-state index in [9.17, 15) is 9.59 Å². The minimum absolute atomic E-state index is 0.00276. The van der Waals surface area contributed by atoms with E-state index < -0.39 is 0 Å². The monoisotopic (exact) mass is 218 g/mol. The minimum atomic E-state index is -0.0831. The third-order valence-corrected chi connectivity index (χ3v) is 3.19. The van der Waals surface area contributed by atoms with E-state index in [2.05, 4.69) is 6.92 Å². The summed E-state index contributed by atoms with van der Waals surface area (Å²) >= 11 is 0. The first kappa shape index (κ1) is 12.6. The largest absolute Gasteiger partial charge is 0.300 e. The predicted molar refractivity (Wildman–Crippen MR) is 65.0 cm³/mol. The van der Waals surface area contributed by atoms with Gasteiger partial charge in [-0.2, -0.15) is 0 Å². The van der Waals surface area contributed by atoms with Crippen LogP contribution in [0.15, 0.2) is 6.07 Å². The maximum atomic E-state index is 11.9. The third kappa shape index (κ3) is 2.38. The molecule has 0 N–H and O–H groups in total. The highest BCUT2D eigenvalue weighted by Gasteiger charge is 2.14. The van der Waals surface area contributed by atoms with Crippen molar-refractivity contribution in [3.05, 3.63) is 33.9 Å². The van der Waals surface area contributed by atoms with Gasteiger partial charge in [0.1, 0.15) is 5.78 Å². The highest BCUT2D eigenvalue weighted by molar-refractivity contribution is 6.08. The van der Waals surface area contributed by atoms with Crippen LogP contribution < -0.4 is 0 Å². The van der Waals surface area contributed by atoms with Crippen LogP contribution in [0.4, 0.5) is 0 Å². The summed E-state index contributed by atoms with van der Waals surface area (Å²) in [6.45, 7) is 9.45. The molecule has 1 aromatic carbocycles. The molecule has 1 aromatic rings. The summed E-state index contributed by atoms with van der Waals surface area (Å²) in [5.41, 5.74) is 5.16. The Balaban J connectivity index is 3.25. The number of aryl methyl sites for hydroxylation is 1. The van der Waals surface area contributed by atoms with Crippen LogP contribution >= 0.6 is 0 Å². The molecule has 0 aliphatic rings. The summed E-state index contributed by atoms with van der Waals surface area (Å²) in [5, 5.41) is 0. The van der Waals surface area contributed by atoms with Gasteiger partial charge in [-0.05, 0) is 62.9 Å². The second-order valence-corrected chi connectivity index (χ2v) is 4.42. The van der Waals surface area contributed by atoms with E-state index in [1.165, 1.54) is 12.5 Å². The van der Waals surface area contributed by atoms with Gasteiger partial charge in [-0.3, -0.25) is 9.59 Å². The van der Waals surface area contributed by atoms with Crippen molar-refractivity contribution in [1.82, 2.24) is 0 Å². The molecule has 0 amide bonds. The molecule has 0 spiro atoms. The first-order chi connectivity index (χ1) is 7.34. The molecule has 16 heavy (non-hydrogen) atoms. The van der Waals surface area contributed by atoms with Crippen molar-refractivity contribution in [3.63, 3.8) is 0 Å². The summed E-state index contributed by atoms with van der Waals surface area (Å²) in [6, 6.07) is 1.89. The zero-order chi connectivity index (χ0) is 12.5. The number of hydrogen-bond donors (Lipinski definition) is 0. The predicted octanol–water partition coefficient (Wildman–Crippen LogP) is 3.08. The lowest BCUT2D eigenvalue weighted by atomic mass is 9.91. The second kappa shape index (κ2) is 4.60. The van der Waals surface area contributed by atoms with Gasteiger partial charge >= 0.3 is 0 Å². The zero-order valence-electron chi connectivity index (χ0n) is 10.6. The lowest BCUT2D eigenvalue weighted by molar-refractivity contribution is -0.116. The second-order valence-electron chi connectivity index (χ2n) is 4.42. The van der Waals surface area contributed by atoms with E-state index in [1.54, 1.807) is 0 Å². The molecule has 0 heterocycles. The molecule has 0 fully saturated rings. The van der Waals surface area contributed by atoms with Gasteiger partial charge in [0.15, 0.2) is 5.78 Å². The van der Waals surface area contributed by atoms with Crippen LogP contribution in [0.3, 0.4) is 0 Å². The molecule has 86 valence electrons. The van der Waals surface area contributed by atoms with E-state index in [0.717, 1.165) is 16.7 Å². The molecule has 0 saturated carbocycles. The molecular weight excluding hydrogens is 200 g/mol. The molecule has 0 saturated heterocycles. The molecule has 0 aliphatic heterocycles. The quantitative estimate of drug-likeness (QED) is 0.577. The molecule has 0 bridgehead atoms. The molecule has 0 aromatic heterocycles. The standard InChI is InChI=1S/C14H18O2/c1-8-6-13(14(16)7-9(2)15)12(5)11(4)10(8)3/h6H,7H2,1-5H3. The van der Waals surface area contributed by atoms with Gasteiger partial charge in [-0.15, -0.1) is 0 Å². The van der Waals surface area contributed by atoms with Crippen LogP contribution in [0.2, 0.25) is 0 Å². The number of carbonyl (C=O) groups is 2. The first-order valence-corrected chi connectivity index (χ1v) is 5.44. The van der Waals surface area contributed by atoms with Crippen molar-refractivity contribution in [2.45, 2.75) is 41.0 Å². The molecule has 2 heteroatoms. The van der Waals surface area contributed by atoms with Crippen LogP contribution in [-0.4, -0.2) is 11.6 Å². The summed E-state index contributed by atoms with van der Waals surface area (Å²) in [7, 11) is 0. The smallest absolute Gasteiger partial charge is 0.170 e. The maximum Gasteiger partial charge on any atom is 0.170 e. The Morgan fingerprint density at radius 3 is 2.06 bits per heavy atom. The van der Waals surface area contributed by atoms with Crippen molar-refractivity contribution in [1.29, 1.82) is 0 Å². The number of Topliss-reactive ketones (excluding diaryl/α,β-unsaturated/α-hetero) is 2. The van der Waals surface area contributed by atoms with Crippen LogP contribution in [0.25, 0.3) is 0 Å². The van der Waals surface area contributed by atoms with E-state index in [0.29, 0.717) is 5.56 Å². The van der Waals surface area contributed by atoms with E-state index >= 15 is 0 Å². The topological polar surface area (TPSA) is 34.1 Å². The molecule has 2 nitrogen and oxygen atoms in total. The average Bonchev–Trinajstić information content (AvgIpc) is 2.19. The number of rotatable bonds is 3. The van der Waals surface area contributed by atoms with E-state index in [4.69, 9.17) is 0 Å². The maximum absolute atomic E-state index is 11.9. The fourth-order valence-electron chi connectivity index (χ4n) is 1.82. The number of carbonyl (C=O) groups excluding carboxylic acids is 2. The summed E-state index contributed by atoms with van der Waals surface area (Å²) in [6.07, 6.45) is 0.00276. The Bertz CT molecular complexity index is 456. The van der Waals surface area contributed by atoms with E-state index in [1.807, 2.05) is 26.8 Å². The Kier molecular flexibility index (Phi) is 3.63. The number of ketones is 2. The van der Waals surface area contributed by atoms with Crippen LogP contribution in [0, 0.1) is 27.7 Å². The van der Waals surface area contributed by atoms with E-state index in [-0.39, 0.29) is 18.0 Å². The Labute approximate surface area is 96.7 Å². The fourth-order valence-corrected chi connectivity index (χ4v) is 1.82. The molecular formula is C14H18O2. The fraction of sp³-hybridized carbons (Fsp3) is 0.429. The highest BCUT2D eigenvalue weighted by Crippen LogP contribution is 2.22. The molecule has 0 radical (unpaired) electrons. The average molecular weight is 218 g/mol. The first-order valence-electron chi connectivity index (χ1n) is 5.44. The van der Waals surface area contributed by atoms with Gasteiger partial charge in [0.05, 0.1) is 6.42 Å². The van der Waals surface area contributed by atoms with Gasteiger partial charge in [0.25, 0.3) is 0 Å². The van der Waals surface area contributed by atoms with Crippen LogP contribution in [0.1, 0.15) is 46.0 Å². The van der Waals surface area contributed by atoms with Crippen LogP contribution in [0.5, 0.6) is 0 Å². The summed E-state index contributed by atoms with van der Waals surface area (Å²) in [5.74, 6) is -0.156. The van der Waals surface area contributed by atoms with Gasteiger partial charge in [-0.25, -0.2) is 0 Å². The van der Waals surface area contributed by atoms with Crippen molar-refractivity contribution in [2.75, 3.05) is 0 Å². The summed E-state index contributed by atoms with van der Waals surface area (Å²) in [4.78, 5) is 22.8. The third-order valence-electron chi connectivity index (χ3n) is 3.19. The lowest BCUT2D eigenvalue weighted by Gasteiger charge is -2.12. The molecule has 0 atom stereocenters. The van der Waals surface area contributed by atoms with Crippen molar-refractivity contribution >= 4 is 11.6 Å². The van der Waals surface area contributed by atoms with Gasteiger partial charge in [0, 0.05) is 5.56 Å². The summed E-state index contributed by atoms with van der Waals surface area (Å²) < 4.78 is 0. The SMILES string of the molecule is CC(=O)CC(=O)c1cc(C)c(C)c(C)c1C. The molecule has 1 rings (SSSR count). The minimum Gasteiger partial charge on any atom is -0.300 e. The Morgan fingerprint density at radius 1 is 1.00 bits per heavy atom. The Morgan fingerprint density at radius 2 is 1.56 bits per heavy atom. The zero-order valence-corrected chi connectivity index (χ0v) is 10.6. The van der Waals surface area contributed by atoms with Crippen molar-refractivity contribution in [3.8, 4) is 0 Å². The van der Waals surface area contributed by atoms with Crippen molar-refractivity contribution < 1.29 is 9.59 Å². The number of benzene rings is 1. The van der Waals surface area contributed by atoms with Gasteiger partial charge < -0.3 is 0 Å². The molecule has 0 unspecified atom stereocenters. The highest BCUT2D eigenvalue weighted by atomic mass is 16.1. The number of hydrogen-bond acceptors (Lipinski definition) is 2. The van der Waals surface area contributed by atoms with Gasteiger partial charge in [-0.1, -0.05) is 0 Å². The van der Waals surface area contributed by atoms with Crippen molar-refractivity contribution in [2.24, 2.45) is 0 Å². The normalized spacial score (nSPS) is 10.3. The van der Waals surface area contributed by atoms with Crippen LogP contribution in [-0.2, 0) is 4.79 Å². The molecule has 0 aliphatic carbocycles. The lowest BCUT2D eigenvalue weighted by Crippen LogP contribution is -2.09. The Hall–Kier alpha value is -1.44. The van der Waals surface area contributed by atoms with Gasteiger partial charge in [0.2, 0.25) is 0 Å².